The lowest BCUT2D eigenvalue weighted by atomic mass is 9.94. The molecule has 0 bridgehead atoms. The maximum Gasteiger partial charge on any atom is 0.141 e. The van der Waals surface area contributed by atoms with Crippen molar-refractivity contribution in [2.75, 3.05) is 5.32 Å². The lowest BCUT2D eigenvalue weighted by molar-refractivity contribution is 0.447. The van der Waals surface area contributed by atoms with Gasteiger partial charge in [-0.05, 0) is 38.1 Å². The van der Waals surface area contributed by atoms with Gasteiger partial charge in [0.15, 0.2) is 0 Å². The quantitative estimate of drug-likeness (QED) is 0.895. The van der Waals surface area contributed by atoms with Crippen molar-refractivity contribution in [2.24, 2.45) is 0 Å². The third-order valence-electron chi connectivity index (χ3n) is 2.85. The van der Waals surface area contributed by atoms with Crippen LogP contribution >= 0.6 is 11.6 Å². The van der Waals surface area contributed by atoms with Gasteiger partial charge in [0.05, 0.1) is 16.8 Å². The van der Waals surface area contributed by atoms with Crippen LogP contribution in [0.4, 0.5) is 10.1 Å². The number of halogens is 2. The molecule has 2 aromatic rings. The van der Waals surface area contributed by atoms with Crippen LogP contribution < -0.4 is 5.32 Å². The van der Waals surface area contributed by atoms with Crippen LogP contribution in [0.3, 0.4) is 0 Å². The predicted molar refractivity (Wildman–Crippen MR) is 74.0 cm³/mol. The first-order valence-electron chi connectivity index (χ1n) is 5.77. The first-order valence-corrected chi connectivity index (χ1v) is 6.14. The Balaban J connectivity index is 2.31. The predicted octanol–water partition coefficient (Wildman–Crippen LogP) is 3.93. The molecule has 19 heavy (non-hydrogen) atoms. The molecule has 2 rings (SSSR count). The van der Waals surface area contributed by atoms with Crippen molar-refractivity contribution in [3.63, 3.8) is 0 Å². The number of aromatic nitrogens is 1. The summed E-state index contributed by atoms with van der Waals surface area (Å²) >= 11 is 5.75. The van der Waals surface area contributed by atoms with Crippen LogP contribution in [0, 0.1) is 5.82 Å². The summed E-state index contributed by atoms with van der Waals surface area (Å²) in [4.78, 5) is 3.84. The molecule has 0 aliphatic heterocycles. The van der Waals surface area contributed by atoms with E-state index in [1.807, 2.05) is 13.8 Å². The van der Waals surface area contributed by atoms with Gasteiger partial charge >= 0.3 is 0 Å². The molecule has 0 fully saturated rings. The van der Waals surface area contributed by atoms with Crippen LogP contribution in [0.5, 0.6) is 5.75 Å². The van der Waals surface area contributed by atoms with E-state index in [1.165, 1.54) is 18.3 Å². The minimum absolute atomic E-state index is 0.0553. The standard InChI is InChI=1S/C14H14ClFN2O/c1-14(2,10-5-6-17-8-13(10)19)18-9-3-4-12(16)11(15)7-9/h3-8,18-19H,1-2H3. The van der Waals surface area contributed by atoms with E-state index in [2.05, 4.69) is 10.3 Å². The molecule has 100 valence electrons. The summed E-state index contributed by atoms with van der Waals surface area (Å²) in [5.41, 5.74) is 0.823. The van der Waals surface area contributed by atoms with Crippen LogP contribution in [0.25, 0.3) is 0 Å². The van der Waals surface area contributed by atoms with E-state index in [0.29, 0.717) is 11.3 Å². The highest BCUT2D eigenvalue weighted by Gasteiger charge is 2.23. The minimum atomic E-state index is -0.547. The van der Waals surface area contributed by atoms with Gasteiger partial charge < -0.3 is 10.4 Å². The van der Waals surface area contributed by atoms with Crippen molar-refractivity contribution in [1.82, 2.24) is 4.98 Å². The van der Waals surface area contributed by atoms with E-state index < -0.39 is 11.4 Å². The lowest BCUT2D eigenvalue weighted by Gasteiger charge is -2.28. The number of nitrogens with zero attached hydrogens (tertiary/aromatic N) is 1. The molecule has 1 aromatic heterocycles. The maximum absolute atomic E-state index is 13.1. The van der Waals surface area contributed by atoms with E-state index >= 15 is 0 Å². The molecule has 0 unspecified atom stereocenters. The first-order chi connectivity index (χ1) is 8.90. The number of aromatic hydroxyl groups is 1. The highest BCUT2D eigenvalue weighted by molar-refractivity contribution is 6.31. The summed E-state index contributed by atoms with van der Waals surface area (Å²) in [6.07, 6.45) is 2.99. The van der Waals surface area contributed by atoms with E-state index in [4.69, 9.17) is 11.6 Å². The second-order valence-corrected chi connectivity index (χ2v) is 5.18. The Hall–Kier alpha value is -1.81. The smallest absolute Gasteiger partial charge is 0.141 e. The molecule has 0 radical (unpaired) electrons. The monoisotopic (exact) mass is 280 g/mol. The van der Waals surface area contributed by atoms with Gasteiger partial charge in [0.1, 0.15) is 11.6 Å². The fourth-order valence-electron chi connectivity index (χ4n) is 1.92. The van der Waals surface area contributed by atoms with Crippen LogP contribution in [0.1, 0.15) is 19.4 Å². The van der Waals surface area contributed by atoms with E-state index in [0.717, 1.165) is 0 Å². The molecular formula is C14H14ClFN2O. The van der Waals surface area contributed by atoms with Crippen LogP contribution in [-0.4, -0.2) is 10.1 Å². The van der Waals surface area contributed by atoms with Gasteiger partial charge in [-0.2, -0.15) is 0 Å². The molecule has 0 spiro atoms. The zero-order valence-corrected chi connectivity index (χ0v) is 11.4. The second-order valence-electron chi connectivity index (χ2n) is 4.77. The highest BCUT2D eigenvalue weighted by atomic mass is 35.5. The highest BCUT2D eigenvalue weighted by Crippen LogP contribution is 2.32. The summed E-state index contributed by atoms with van der Waals surface area (Å²) in [5, 5.41) is 13.1. The molecule has 1 aromatic carbocycles. The van der Waals surface area contributed by atoms with E-state index in [9.17, 15) is 9.50 Å². The lowest BCUT2D eigenvalue weighted by Crippen LogP contribution is -2.28. The first kappa shape index (κ1) is 13.6. The third kappa shape index (κ3) is 2.96. The van der Waals surface area contributed by atoms with Crippen molar-refractivity contribution in [3.05, 3.63) is 53.1 Å². The Labute approximate surface area is 116 Å². The fraction of sp³-hybridized carbons (Fsp3) is 0.214. The summed E-state index contributed by atoms with van der Waals surface area (Å²) < 4.78 is 13.1. The average molecular weight is 281 g/mol. The molecule has 0 amide bonds. The molecule has 5 heteroatoms. The van der Waals surface area contributed by atoms with Gasteiger partial charge in [0, 0.05) is 17.4 Å². The van der Waals surface area contributed by atoms with E-state index in [-0.39, 0.29) is 10.8 Å². The molecule has 0 saturated carbocycles. The average Bonchev–Trinajstić information content (AvgIpc) is 2.34. The van der Waals surface area contributed by atoms with E-state index in [1.54, 1.807) is 18.3 Å². The normalized spacial score (nSPS) is 11.4. The van der Waals surface area contributed by atoms with Crippen molar-refractivity contribution < 1.29 is 9.50 Å². The largest absolute Gasteiger partial charge is 0.506 e. The van der Waals surface area contributed by atoms with Gasteiger partial charge in [-0.3, -0.25) is 4.98 Å². The summed E-state index contributed by atoms with van der Waals surface area (Å²) in [6.45, 7) is 3.80. The molecular weight excluding hydrogens is 267 g/mol. The number of hydrogen-bond donors (Lipinski definition) is 2. The SMILES string of the molecule is CC(C)(Nc1ccc(F)c(Cl)c1)c1ccncc1O. The van der Waals surface area contributed by atoms with Crippen LogP contribution in [-0.2, 0) is 5.54 Å². The van der Waals surface area contributed by atoms with Gasteiger partial charge in [-0.15, -0.1) is 0 Å². The summed E-state index contributed by atoms with van der Waals surface area (Å²) in [5.74, 6) is -0.356. The number of rotatable bonds is 3. The molecule has 0 aliphatic carbocycles. The van der Waals surface area contributed by atoms with Gasteiger partial charge in [0.25, 0.3) is 0 Å². The zero-order valence-electron chi connectivity index (χ0n) is 10.6. The molecule has 0 saturated heterocycles. The number of hydrogen-bond acceptors (Lipinski definition) is 3. The number of benzene rings is 1. The third-order valence-corrected chi connectivity index (χ3v) is 3.14. The van der Waals surface area contributed by atoms with Crippen molar-refractivity contribution in [3.8, 4) is 5.75 Å². The summed E-state index contributed by atoms with van der Waals surface area (Å²) in [6, 6.07) is 6.14. The number of nitrogens with one attached hydrogen (secondary N) is 1. The second kappa shape index (κ2) is 5.05. The Morgan fingerprint density at radius 2 is 2.05 bits per heavy atom. The topological polar surface area (TPSA) is 45.2 Å². The van der Waals surface area contributed by atoms with Crippen LogP contribution in [0.15, 0.2) is 36.7 Å². The Kier molecular flexibility index (Phi) is 3.62. The molecule has 3 nitrogen and oxygen atoms in total. The summed E-state index contributed by atoms with van der Waals surface area (Å²) in [7, 11) is 0. The molecule has 0 atom stereocenters. The molecule has 0 aliphatic rings. The Bertz CT molecular complexity index is 602. The van der Waals surface area contributed by atoms with Crippen LogP contribution in [0.2, 0.25) is 5.02 Å². The van der Waals surface area contributed by atoms with Gasteiger partial charge in [-0.1, -0.05) is 11.6 Å². The van der Waals surface area contributed by atoms with Gasteiger partial charge in [0.2, 0.25) is 0 Å². The Morgan fingerprint density at radius 3 is 2.68 bits per heavy atom. The Morgan fingerprint density at radius 1 is 1.32 bits per heavy atom. The number of anilines is 1. The minimum Gasteiger partial charge on any atom is -0.506 e. The molecule has 2 N–H and O–H groups in total. The number of pyridine rings is 1. The van der Waals surface area contributed by atoms with Crippen molar-refractivity contribution in [2.45, 2.75) is 19.4 Å². The van der Waals surface area contributed by atoms with Gasteiger partial charge in [-0.25, -0.2) is 4.39 Å². The van der Waals surface area contributed by atoms with Crippen molar-refractivity contribution >= 4 is 17.3 Å². The molecule has 1 heterocycles. The maximum atomic E-state index is 13.1. The van der Waals surface area contributed by atoms with Crippen molar-refractivity contribution in [1.29, 1.82) is 0 Å². The zero-order chi connectivity index (χ0) is 14.0. The fourth-order valence-corrected chi connectivity index (χ4v) is 2.10.